The molecule has 0 aliphatic heterocycles. The van der Waals surface area contributed by atoms with Gasteiger partial charge in [-0.15, -0.1) is 0 Å². The summed E-state index contributed by atoms with van der Waals surface area (Å²) in [6.07, 6.45) is 0.0990. The second kappa shape index (κ2) is 10.3. The number of nitrogens with one attached hydrogen (secondary N) is 2. The fourth-order valence-corrected chi connectivity index (χ4v) is 2.44. The molecule has 0 heterocycles. The van der Waals surface area contributed by atoms with Gasteiger partial charge >= 0.3 is 5.97 Å². The van der Waals surface area contributed by atoms with E-state index in [0.717, 1.165) is 11.1 Å². The zero-order valence-corrected chi connectivity index (χ0v) is 16.5. The molecule has 6 heteroatoms. The zero-order valence-electron chi connectivity index (χ0n) is 16.5. The smallest absolute Gasteiger partial charge is 0.310 e. The van der Waals surface area contributed by atoms with Crippen LogP contribution in [0, 0.1) is 12.8 Å². The number of carbonyl (C=O) groups excluding carboxylic acids is 3. The summed E-state index contributed by atoms with van der Waals surface area (Å²) in [7, 11) is 0. The van der Waals surface area contributed by atoms with Crippen LogP contribution in [0.4, 0.5) is 5.69 Å². The van der Waals surface area contributed by atoms with E-state index < -0.39 is 18.5 Å². The van der Waals surface area contributed by atoms with Gasteiger partial charge in [0.05, 0.1) is 17.7 Å². The quantitative estimate of drug-likeness (QED) is 0.687. The van der Waals surface area contributed by atoms with Crippen molar-refractivity contribution in [2.45, 2.75) is 27.2 Å². The Morgan fingerprint density at radius 1 is 1.00 bits per heavy atom. The van der Waals surface area contributed by atoms with Gasteiger partial charge in [-0.2, -0.15) is 0 Å². The van der Waals surface area contributed by atoms with Gasteiger partial charge in [0.15, 0.2) is 6.61 Å². The molecule has 2 rings (SSSR count). The third-order valence-electron chi connectivity index (χ3n) is 3.95. The Kier molecular flexibility index (Phi) is 7.75. The average Bonchev–Trinajstić information content (AvgIpc) is 2.67. The van der Waals surface area contributed by atoms with Crippen molar-refractivity contribution in [2.24, 2.45) is 5.92 Å². The Bertz CT molecular complexity index is 829. The van der Waals surface area contributed by atoms with Crippen LogP contribution in [0.3, 0.4) is 0 Å². The van der Waals surface area contributed by atoms with Crippen molar-refractivity contribution in [3.63, 3.8) is 0 Å². The number of rotatable bonds is 8. The zero-order chi connectivity index (χ0) is 20.5. The lowest BCUT2D eigenvalue weighted by atomic mass is 10.1. The number of anilines is 1. The molecule has 2 N–H and O–H groups in total. The summed E-state index contributed by atoms with van der Waals surface area (Å²) >= 11 is 0. The Hall–Kier alpha value is -3.15. The average molecular weight is 382 g/mol. The van der Waals surface area contributed by atoms with Crippen molar-refractivity contribution in [3.05, 3.63) is 65.2 Å². The molecule has 0 bridgehead atoms. The molecule has 0 aromatic heterocycles. The number of esters is 1. The normalized spacial score (nSPS) is 10.4. The van der Waals surface area contributed by atoms with E-state index in [1.807, 2.05) is 45.0 Å². The lowest BCUT2D eigenvalue weighted by Gasteiger charge is -2.12. The highest BCUT2D eigenvalue weighted by Crippen LogP contribution is 2.15. The maximum Gasteiger partial charge on any atom is 0.310 e. The van der Waals surface area contributed by atoms with E-state index in [2.05, 4.69) is 10.6 Å². The fraction of sp³-hybridized carbons (Fsp3) is 0.318. The molecule has 2 aromatic carbocycles. The summed E-state index contributed by atoms with van der Waals surface area (Å²) in [5.41, 5.74) is 2.67. The highest BCUT2D eigenvalue weighted by atomic mass is 16.5. The van der Waals surface area contributed by atoms with E-state index in [4.69, 9.17) is 4.74 Å². The van der Waals surface area contributed by atoms with Crippen LogP contribution in [0.1, 0.15) is 35.3 Å². The van der Waals surface area contributed by atoms with Gasteiger partial charge in [0.25, 0.3) is 11.8 Å². The number of para-hydroxylation sites is 1. The Morgan fingerprint density at radius 2 is 1.68 bits per heavy atom. The topological polar surface area (TPSA) is 84.5 Å². The first kappa shape index (κ1) is 21.2. The van der Waals surface area contributed by atoms with Crippen LogP contribution >= 0.6 is 0 Å². The summed E-state index contributed by atoms with van der Waals surface area (Å²) in [5, 5.41) is 5.45. The Balaban J connectivity index is 1.88. The predicted octanol–water partition coefficient (Wildman–Crippen LogP) is 3.11. The highest BCUT2D eigenvalue weighted by molar-refractivity contribution is 6.04. The third kappa shape index (κ3) is 6.87. The first-order valence-electron chi connectivity index (χ1n) is 9.23. The molecule has 0 radical (unpaired) electrons. The molecule has 6 nitrogen and oxygen atoms in total. The number of aryl methyl sites for hydroxylation is 1. The van der Waals surface area contributed by atoms with Crippen molar-refractivity contribution < 1.29 is 19.1 Å². The number of hydrogen-bond acceptors (Lipinski definition) is 4. The van der Waals surface area contributed by atoms with Crippen LogP contribution < -0.4 is 10.6 Å². The second-order valence-corrected chi connectivity index (χ2v) is 7.02. The fourth-order valence-electron chi connectivity index (χ4n) is 2.44. The number of benzene rings is 2. The lowest BCUT2D eigenvalue weighted by Crippen LogP contribution is -2.29. The van der Waals surface area contributed by atoms with Gasteiger partial charge in [0, 0.05) is 6.54 Å². The minimum atomic E-state index is -0.499. The Labute approximate surface area is 165 Å². The number of amides is 2. The van der Waals surface area contributed by atoms with Gasteiger partial charge < -0.3 is 15.4 Å². The highest BCUT2D eigenvalue weighted by Gasteiger charge is 2.14. The molecule has 0 atom stereocenters. The number of ether oxygens (including phenoxy) is 1. The summed E-state index contributed by atoms with van der Waals surface area (Å²) in [4.78, 5) is 36.3. The first-order chi connectivity index (χ1) is 13.3. The molecule has 0 saturated heterocycles. The molecule has 0 unspecified atom stereocenters. The van der Waals surface area contributed by atoms with Crippen LogP contribution in [0.15, 0.2) is 48.5 Å². The van der Waals surface area contributed by atoms with Crippen molar-refractivity contribution in [3.8, 4) is 0 Å². The monoisotopic (exact) mass is 382 g/mol. The van der Waals surface area contributed by atoms with E-state index in [0.29, 0.717) is 23.7 Å². The summed E-state index contributed by atoms with van der Waals surface area (Å²) in [6, 6.07) is 14.2. The van der Waals surface area contributed by atoms with Crippen molar-refractivity contribution in [2.75, 3.05) is 18.5 Å². The standard InChI is InChI=1S/C22H26N2O4/c1-15(2)13-23-22(27)18-6-4-5-7-19(18)24-20(25)14-28-21(26)12-17-10-8-16(3)9-11-17/h4-11,15H,12-14H2,1-3H3,(H,23,27)(H,24,25). The molecule has 0 saturated carbocycles. The van der Waals surface area contributed by atoms with E-state index >= 15 is 0 Å². The molecule has 0 aliphatic carbocycles. The van der Waals surface area contributed by atoms with E-state index in [1.54, 1.807) is 24.3 Å². The van der Waals surface area contributed by atoms with Crippen molar-refractivity contribution >= 4 is 23.5 Å². The predicted molar refractivity (Wildman–Crippen MR) is 108 cm³/mol. The van der Waals surface area contributed by atoms with E-state index in [-0.39, 0.29) is 12.3 Å². The molecule has 2 aromatic rings. The molecule has 148 valence electrons. The summed E-state index contributed by atoms with van der Waals surface area (Å²) < 4.78 is 5.04. The minimum absolute atomic E-state index is 0.0990. The molecule has 28 heavy (non-hydrogen) atoms. The van der Waals surface area contributed by atoms with Gasteiger partial charge in [0.1, 0.15) is 0 Å². The third-order valence-corrected chi connectivity index (χ3v) is 3.95. The molecular formula is C22H26N2O4. The van der Waals surface area contributed by atoms with Crippen molar-refractivity contribution in [1.29, 1.82) is 0 Å². The maximum absolute atomic E-state index is 12.3. The van der Waals surface area contributed by atoms with Gasteiger partial charge in [-0.1, -0.05) is 55.8 Å². The minimum Gasteiger partial charge on any atom is -0.455 e. The van der Waals surface area contributed by atoms with Gasteiger partial charge in [0.2, 0.25) is 0 Å². The van der Waals surface area contributed by atoms with Gasteiger partial charge in [-0.25, -0.2) is 0 Å². The van der Waals surface area contributed by atoms with E-state index in [9.17, 15) is 14.4 Å². The van der Waals surface area contributed by atoms with Gasteiger partial charge in [-0.3, -0.25) is 14.4 Å². The first-order valence-corrected chi connectivity index (χ1v) is 9.23. The SMILES string of the molecule is Cc1ccc(CC(=O)OCC(=O)Nc2ccccc2C(=O)NCC(C)C)cc1. The van der Waals surface area contributed by atoms with Crippen LogP contribution in [0.25, 0.3) is 0 Å². The number of hydrogen-bond donors (Lipinski definition) is 2. The molecule has 0 fully saturated rings. The van der Waals surface area contributed by atoms with Crippen molar-refractivity contribution in [1.82, 2.24) is 5.32 Å². The lowest BCUT2D eigenvalue weighted by molar-refractivity contribution is -0.146. The molecular weight excluding hydrogens is 356 g/mol. The second-order valence-electron chi connectivity index (χ2n) is 7.02. The summed E-state index contributed by atoms with van der Waals surface area (Å²) in [5.74, 6) is -0.928. The maximum atomic E-state index is 12.3. The van der Waals surface area contributed by atoms with Crippen LogP contribution in [0.5, 0.6) is 0 Å². The molecule has 0 aliphatic rings. The summed E-state index contributed by atoms with van der Waals surface area (Å²) in [6.45, 7) is 6.09. The van der Waals surface area contributed by atoms with Gasteiger partial charge in [-0.05, 0) is 30.5 Å². The van der Waals surface area contributed by atoms with E-state index in [1.165, 1.54) is 0 Å². The Morgan fingerprint density at radius 3 is 2.36 bits per heavy atom. The molecule has 2 amide bonds. The molecule has 0 spiro atoms. The largest absolute Gasteiger partial charge is 0.455 e. The number of carbonyl (C=O) groups is 3. The van der Waals surface area contributed by atoms with Crippen LogP contribution in [-0.2, 0) is 20.7 Å². The van der Waals surface area contributed by atoms with Crippen LogP contribution in [0.2, 0.25) is 0 Å². The van der Waals surface area contributed by atoms with Crippen LogP contribution in [-0.4, -0.2) is 30.9 Å².